The van der Waals surface area contributed by atoms with Crippen molar-refractivity contribution < 1.29 is 37.3 Å². The third-order valence-electron chi connectivity index (χ3n) is 5.47. The van der Waals surface area contributed by atoms with Crippen LogP contribution in [0.5, 0.6) is 0 Å². The highest BCUT2D eigenvalue weighted by molar-refractivity contribution is 7.47. The zero-order valence-corrected chi connectivity index (χ0v) is 23.9. The van der Waals surface area contributed by atoms with Crippen molar-refractivity contribution >= 4 is 13.8 Å². The molecule has 0 bridgehead atoms. The van der Waals surface area contributed by atoms with Crippen LogP contribution in [0.4, 0.5) is 0 Å². The van der Waals surface area contributed by atoms with Crippen LogP contribution in [-0.2, 0) is 27.9 Å². The Balaban J connectivity index is 3.89. The number of phosphoric acid groups is 1. The number of esters is 1. The van der Waals surface area contributed by atoms with Crippen LogP contribution < -0.4 is 0 Å². The van der Waals surface area contributed by atoms with Gasteiger partial charge in [-0.2, -0.15) is 0 Å². The summed E-state index contributed by atoms with van der Waals surface area (Å²) in [6.07, 6.45) is 19.5. The van der Waals surface area contributed by atoms with Gasteiger partial charge in [0, 0.05) is 6.92 Å². The van der Waals surface area contributed by atoms with E-state index >= 15 is 0 Å². The minimum atomic E-state index is -4.23. The quantitative estimate of drug-likeness (QED) is 0.0517. The highest BCUT2D eigenvalue weighted by Gasteiger charge is 2.25. The zero-order chi connectivity index (χ0) is 26.4. The summed E-state index contributed by atoms with van der Waals surface area (Å²) in [6.45, 7) is 3.90. The fraction of sp³-hybridized carbons (Fsp3) is 0.885. The number of carbonyl (C=O) groups is 1. The summed E-state index contributed by atoms with van der Waals surface area (Å²) in [6, 6.07) is 0. The Morgan fingerprint density at radius 3 is 1.94 bits per heavy atom. The lowest BCUT2D eigenvalue weighted by Crippen LogP contribution is -2.37. The summed E-state index contributed by atoms with van der Waals surface area (Å²) < 4.78 is 33.1. The van der Waals surface area contributed by atoms with E-state index < -0.39 is 19.9 Å². The lowest BCUT2D eigenvalue weighted by atomic mass is 10.0. The Labute approximate surface area is 214 Å². The smallest absolute Gasteiger partial charge is 0.472 e. The Hall–Kier alpha value is -0.920. The highest BCUT2D eigenvalue weighted by Crippen LogP contribution is 2.43. The van der Waals surface area contributed by atoms with Crippen molar-refractivity contribution in [1.82, 2.24) is 0 Å². The third kappa shape index (κ3) is 26.0. The van der Waals surface area contributed by atoms with Crippen LogP contribution in [0.3, 0.4) is 0 Å². The number of allylic oxidation sites excluding steroid dienone is 1. The van der Waals surface area contributed by atoms with E-state index in [0.29, 0.717) is 11.0 Å². The predicted octanol–water partition coefficient (Wildman–Crippen LogP) is 6.38. The van der Waals surface area contributed by atoms with Crippen molar-refractivity contribution in [1.29, 1.82) is 0 Å². The molecule has 9 heteroatoms. The fourth-order valence-corrected chi connectivity index (χ4v) is 4.14. The molecule has 0 spiro atoms. The van der Waals surface area contributed by atoms with E-state index in [1.807, 2.05) is 27.2 Å². The minimum absolute atomic E-state index is 0.0351. The fourth-order valence-electron chi connectivity index (χ4n) is 3.40. The second kappa shape index (κ2) is 21.2. The molecule has 0 radical (unpaired) electrons. The number of phosphoric ester groups is 1. The molecule has 0 heterocycles. The van der Waals surface area contributed by atoms with Gasteiger partial charge in [-0.05, 0) is 18.9 Å². The molecule has 0 aromatic rings. The number of unbranched alkanes of at least 4 members (excludes halogenated alkanes) is 12. The normalized spacial score (nSPS) is 14.7. The van der Waals surface area contributed by atoms with Crippen LogP contribution in [-0.4, -0.2) is 69.0 Å². The molecule has 0 fully saturated rings. The maximum atomic E-state index is 12.0. The Morgan fingerprint density at radius 2 is 1.43 bits per heavy atom. The van der Waals surface area contributed by atoms with Crippen molar-refractivity contribution in [3.8, 4) is 0 Å². The Kier molecular flexibility index (Phi) is 20.6. The van der Waals surface area contributed by atoms with Gasteiger partial charge in [0.15, 0.2) is 6.10 Å². The SMILES string of the molecule is CCCCCCCCCCCCCC/C=C\OCC(COP(=O)(O)OCC[N+](C)(C)C)OC(C)=O. The third-order valence-corrected chi connectivity index (χ3v) is 6.46. The van der Waals surface area contributed by atoms with E-state index in [9.17, 15) is 14.3 Å². The number of hydrogen-bond acceptors (Lipinski definition) is 6. The first kappa shape index (κ1) is 34.1. The van der Waals surface area contributed by atoms with Crippen LogP contribution in [0.2, 0.25) is 0 Å². The maximum absolute atomic E-state index is 12.0. The van der Waals surface area contributed by atoms with Crippen LogP contribution in [0.25, 0.3) is 0 Å². The zero-order valence-electron chi connectivity index (χ0n) is 23.0. The molecule has 2 atom stereocenters. The van der Waals surface area contributed by atoms with E-state index in [1.165, 1.54) is 77.6 Å². The van der Waals surface area contributed by atoms with Gasteiger partial charge in [-0.25, -0.2) is 4.57 Å². The summed E-state index contributed by atoms with van der Waals surface area (Å²) in [5.41, 5.74) is 0. The first-order valence-corrected chi connectivity index (χ1v) is 14.9. The minimum Gasteiger partial charge on any atom is -0.498 e. The van der Waals surface area contributed by atoms with Crippen molar-refractivity contribution in [3.05, 3.63) is 12.3 Å². The van der Waals surface area contributed by atoms with E-state index in [0.717, 1.165) is 12.8 Å². The summed E-state index contributed by atoms with van der Waals surface area (Å²) in [5, 5.41) is 0. The Bertz CT molecular complexity index is 593. The van der Waals surface area contributed by atoms with Crippen LogP contribution in [0.1, 0.15) is 97.3 Å². The average molecular weight is 523 g/mol. The van der Waals surface area contributed by atoms with Gasteiger partial charge in [0.2, 0.25) is 0 Å². The number of carbonyl (C=O) groups excluding carboxylic acids is 1. The van der Waals surface area contributed by atoms with E-state index in [2.05, 4.69) is 6.92 Å². The first-order chi connectivity index (χ1) is 16.6. The van der Waals surface area contributed by atoms with Crippen LogP contribution >= 0.6 is 7.82 Å². The monoisotopic (exact) mass is 522 g/mol. The van der Waals surface area contributed by atoms with Crippen molar-refractivity contribution in [2.24, 2.45) is 0 Å². The maximum Gasteiger partial charge on any atom is 0.472 e. The lowest BCUT2D eigenvalue weighted by Gasteiger charge is -2.24. The van der Waals surface area contributed by atoms with Crippen LogP contribution in [0.15, 0.2) is 12.3 Å². The summed E-state index contributed by atoms with van der Waals surface area (Å²) in [5.74, 6) is -0.513. The van der Waals surface area contributed by atoms with E-state index in [4.69, 9.17) is 18.5 Å². The van der Waals surface area contributed by atoms with Gasteiger partial charge in [-0.15, -0.1) is 0 Å². The van der Waals surface area contributed by atoms with Gasteiger partial charge in [0.25, 0.3) is 0 Å². The van der Waals surface area contributed by atoms with Gasteiger partial charge in [0.05, 0.1) is 34.0 Å². The highest BCUT2D eigenvalue weighted by atomic mass is 31.2. The van der Waals surface area contributed by atoms with Gasteiger partial charge in [0.1, 0.15) is 19.8 Å². The molecular weight excluding hydrogens is 469 g/mol. The number of likely N-dealkylation sites (N-methyl/N-ethyl adjacent to an activating group) is 1. The predicted molar refractivity (Wildman–Crippen MR) is 141 cm³/mol. The molecule has 0 saturated heterocycles. The molecule has 0 aliphatic rings. The molecule has 35 heavy (non-hydrogen) atoms. The average Bonchev–Trinajstić information content (AvgIpc) is 2.75. The van der Waals surface area contributed by atoms with Gasteiger partial charge >= 0.3 is 13.8 Å². The summed E-state index contributed by atoms with van der Waals surface area (Å²) in [4.78, 5) is 21.1. The molecule has 0 aliphatic heterocycles. The second-order valence-corrected chi connectivity index (χ2v) is 11.7. The van der Waals surface area contributed by atoms with Gasteiger partial charge in [-0.3, -0.25) is 13.8 Å². The van der Waals surface area contributed by atoms with Gasteiger partial charge in [-0.1, -0.05) is 77.6 Å². The molecule has 0 amide bonds. The molecule has 0 aromatic carbocycles. The van der Waals surface area contributed by atoms with Crippen LogP contribution in [0, 0.1) is 0 Å². The molecule has 0 aromatic heterocycles. The molecule has 0 aliphatic carbocycles. The van der Waals surface area contributed by atoms with Crippen molar-refractivity contribution in [2.75, 3.05) is 47.5 Å². The molecule has 0 saturated carbocycles. The number of nitrogens with zero attached hydrogens (tertiary/aromatic N) is 1. The van der Waals surface area contributed by atoms with Crippen molar-refractivity contribution in [2.45, 2.75) is 103 Å². The summed E-state index contributed by atoms with van der Waals surface area (Å²) >= 11 is 0. The standard InChI is InChI=1S/C26H52NO7P/c1-6-7-8-9-10-11-12-13-14-15-16-17-18-19-21-31-23-26(34-25(2)28)24-33-35(29,30)32-22-20-27(3,4)5/h19,21,26H,6-18,20,22-24H2,1-5H3/p+1/b21-19-. The molecule has 8 nitrogen and oxygen atoms in total. The number of quaternary nitrogens is 1. The molecular formula is C26H53NO7P+. The number of rotatable bonds is 24. The number of hydrogen-bond donors (Lipinski definition) is 1. The molecule has 208 valence electrons. The molecule has 2 unspecified atom stereocenters. The van der Waals surface area contributed by atoms with E-state index in [1.54, 1.807) is 6.26 Å². The largest absolute Gasteiger partial charge is 0.498 e. The molecule has 1 N–H and O–H groups in total. The Morgan fingerprint density at radius 1 is 0.886 bits per heavy atom. The topological polar surface area (TPSA) is 91.3 Å². The lowest BCUT2D eigenvalue weighted by molar-refractivity contribution is -0.870. The number of ether oxygens (including phenoxy) is 2. The summed E-state index contributed by atoms with van der Waals surface area (Å²) in [7, 11) is 1.62. The second-order valence-electron chi connectivity index (χ2n) is 10.2. The van der Waals surface area contributed by atoms with Crippen molar-refractivity contribution in [3.63, 3.8) is 0 Å². The molecule has 0 rings (SSSR count). The first-order valence-electron chi connectivity index (χ1n) is 13.4. The van der Waals surface area contributed by atoms with Gasteiger partial charge < -0.3 is 18.9 Å². The van der Waals surface area contributed by atoms with E-state index in [-0.39, 0.29) is 19.8 Å².